The minimum Gasteiger partial charge on any atom is -0.397 e. The van der Waals surface area contributed by atoms with Crippen LogP contribution in [0.15, 0.2) is 18.5 Å². The largest absolute Gasteiger partial charge is 0.397 e. The number of nitrogen functional groups attached to an aromatic ring is 1. The van der Waals surface area contributed by atoms with Crippen LogP contribution < -0.4 is 5.73 Å². The fourth-order valence-corrected chi connectivity index (χ4v) is 0.864. The highest BCUT2D eigenvalue weighted by Crippen LogP contribution is 2.13. The second-order valence-electron chi connectivity index (χ2n) is 2.24. The topological polar surface area (TPSA) is 93.4 Å². The Kier molecular flexibility index (Phi) is 1.44. The van der Waals surface area contributed by atoms with Crippen molar-refractivity contribution >= 4 is 5.69 Å². The third-order valence-electron chi connectivity index (χ3n) is 1.36. The van der Waals surface area contributed by atoms with Gasteiger partial charge in [0.25, 0.3) is 0 Å². The smallest absolute Gasteiger partial charge is 0.206 e. The van der Waals surface area contributed by atoms with Gasteiger partial charge in [-0.2, -0.15) is 5.21 Å². The lowest BCUT2D eigenvalue weighted by Crippen LogP contribution is -1.88. The molecule has 60 valence electrons. The van der Waals surface area contributed by atoms with E-state index < -0.39 is 0 Å². The van der Waals surface area contributed by atoms with Gasteiger partial charge in [0, 0.05) is 18.0 Å². The maximum atomic E-state index is 5.52. The Labute approximate surface area is 67.8 Å². The zero-order valence-electron chi connectivity index (χ0n) is 6.10. The summed E-state index contributed by atoms with van der Waals surface area (Å²) in [5.41, 5.74) is 6.85. The van der Waals surface area contributed by atoms with Gasteiger partial charge in [0.2, 0.25) is 5.82 Å². The number of nitrogens with zero attached hydrogens (tertiary/aromatic N) is 4. The van der Waals surface area contributed by atoms with Crippen LogP contribution in [0, 0.1) is 0 Å². The van der Waals surface area contributed by atoms with Crippen molar-refractivity contribution in [1.29, 1.82) is 0 Å². The minimum atomic E-state index is 0.495. The number of hydrogen-bond donors (Lipinski definition) is 2. The molecule has 0 aromatic carbocycles. The van der Waals surface area contributed by atoms with Gasteiger partial charge in [0.05, 0.1) is 5.69 Å². The lowest BCUT2D eigenvalue weighted by Gasteiger charge is -1.93. The fourth-order valence-electron chi connectivity index (χ4n) is 0.864. The lowest BCUT2D eigenvalue weighted by atomic mass is 10.2. The van der Waals surface area contributed by atoms with Gasteiger partial charge >= 0.3 is 0 Å². The summed E-state index contributed by atoms with van der Waals surface area (Å²) >= 11 is 0. The number of tetrazole rings is 1. The molecule has 0 aliphatic heterocycles. The summed E-state index contributed by atoms with van der Waals surface area (Å²) in [7, 11) is 0. The zero-order valence-corrected chi connectivity index (χ0v) is 6.10. The van der Waals surface area contributed by atoms with E-state index in [4.69, 9.17) is 5.73 Å². The molecule has 0 aliphatic carbocycles. The quantitative estimate of drug-likeness (QED) is 0.607. The summed E-state index contributed by atoms with van der Waals surface area (Å²) in [6.45, 7) is 0. The molecule has 2 aromatic heterocycles. The van der Waals surface area contributed by atoms with E-state index in [1.807, 2.05) is 0 Å². The Bertz CT molecular complexity index is 367. The molecule has 0 fully saturated rings. The van der Waals surface area contributed by atoms with Gasteiger partial charge in [-0.15, -0.1) is 10.2 Å². The third kappa shape index (κ3) is 1.09. The molecule has 2 heterocycles. The van der Waals surface area contributed by atoms with Gasteiger partial charge in [0.1, 0.15) is 0 Å². The van der Waals surface area contributed by atoms with Crippen LogP contribution in [0.25, 0.3) is 11.4 Å². The molecule has 2 aromatic rings. The summed E-state index contributed by atoms with van der Waals surface area (Å²) in [6, 6.07) is 1.73. The second kappa shape index (κ2) is 2.57. The van der Waals surface area contributed by atoms with E-state index in [1.165, 1.54) is 0 Å². The van der Waals surface area contributed by atoms with Crippen molar-refractivity contribution in [2.75, 3.05) is 5.73 Å². The highest BCUT2D eigenvalue weighted by Gasteiger charge is 2.01. The highest BCUT2D eigenvalue weighted by molar-refractivity contribution is 5.57. The van der Waals surface area contributed by atoms with Crippen molar-refractivity contribution in [3.63, 3.8) is 0 Å². The molecule has 0 unspecified atom stereocenters. The number of pyridine rings is 1. The molecule has 0 saturated carbocycles. The van der Waals surface area contributed by atoms with E-state index >= 15 is 0 Å². The van der Waals surface area contributed by atoms with Gasteiger partial charge in [-0.1, -0.05) is 0 Å². The first kappa shape index (κ1) is 6.71. The molecule has 0 bridgehead atoms. The molecule has 0 radical (unpaired) electrons. The van der Waals surface area contributed by atoms with Crippen molar-refractivity contribution < 1.29 is 0 Å². The molecule has 0 aliphatic rings. The average molecular weight is 162 g/mol. The molecule has 12 heavy (non-hydrogen) atoms. The molecular formula is C6H6N6. The number of rotatable bonds is 1. The molecule has 2 rings (SSSR count). The van der Waals surface area contributed by atoms with Gasteiger partial charge in [-0.3, -0.25) is 4.98 Å². The average Bonchev–Trinajstić information content (AvgIpc) is 2.56. The zero-order chi connectivity index (χ0) is 8.39. The van der Waals surface area contributed by atoms with Crippen LogP contribution in [0.1, 0.15) is 0 Å². The first-order chi connectivity index (χ1) is 5.86. The van der Waals surface area contributed by atoms with Crippen molar-refractivity contribution in [1.82, 2.24) is 25.6 Å². The van der Waals surface area contributed by atoms with E-state index in [0.717, 1.165) is 5.56 Å². The van der Waals surface area contributed by atoms with Crippen molar-refractivity contribution in [2.45, 2.75) is 0 Å². The summed E-state index contributed by atoms with van der Waals surface area (Å²) in [4.78, 5) is 3.89. The Balaban J connectivity index is 2.48. The van der Waals surface area contributed by atoms with Gasteiger partial charge in [-0.05, 0) is 11.3 Å². The van der Waals surface area contributed by atoms with Crippen LogP contribution in [-0.2, 0) is 0 Å². The molecule has 0 amide bonds. The Morgan fingerprint density at radius 3 is 2.92 bits per heavy atom. The molecule has 6 nitrogen and oxygen atoms in total. The van der Waals surface area contributed by atoms with Gasteiger partial charge < -0.3 is 5.73 Å². The fraction of sp³-hybridized carbons (Fsp3) is 0. The SMILES string of the molecule is Nc1cncc(-c2nn[nH]n2)c1. The molecule has 3 N–H and O–H groups in total. The van der Waals surface area contributed by atoms with Crippen LogP contribution in [0.2, 0.25) is 0 Å². The van der Waals surface area contributed by atoms with E-state index in [9.17, 15) is 0 Å². The van der Waals surface area contributed by atoms with Crippen LogP contribution in [0.3, 0.4) is 0 Å². The standard InChI is InChI=1S/C6H6N6/c7-5-1-4(2-8-3-5)6-9-11-12-10-6/h1-3H,7H2,(H,9,10,11,12). The summed E-state index contributed by atoms with van der Waals surface area (Å²) in [5, 5.41) is 13.3. The van der Waals surface area contributed by atoms with Gasteiger partial charge in [-0.25, -0.2) is 0 Å². The lowest BCUT2D eigenvalue weighted by molar-refractivity contribution is 0.881. The van der Waals surface area contributed by atoms with E-state index in [1.54, 1.807) is 18.5 Å². The molecule has 6 heteroatoms. The number of H-pyrrole nitrogens is 1. The Morgan fingerprint density at radius 2 is 2.25 bits per heavy atom. The predicted octanol–water partition coefficient (Wildman–Crippen LogP) is -0.156. The molecular weight excluding hydrogens is 156 g/mol. The third-order valence-corrected chi connectivity index (χ3v) is 1.36. The molecule has 0 atom stereocenters. The maximum Gasteiger partial charge on any atom is 0.206 e. The first-order valence-corrected chi connectivity index (χ1v) is 3.30. The summed E-state index contributed by atoms with van der Waals surface area (Å²) in [6.07, 6.45) is 3.19. The predicted molar refractivity (Wildman–Crippen MR) is 41.8 cm³/mol. The maximum absolute atomic E-state index is 5.52. The number of aromatic amines is 1. The number of aromatic nitrogens is 5. The van der Waals surface area contributed by atoms with E-state index in [2.05, 4.69) is 25.6 Å². The van der Waals surface area contributed by atoms with Gasteiger partial charge in [0.15, 0.2) is 0 Å². The monoisotopic (exact) mass is 162 g/mol. The summed E-state index contributed by atoms with van der Waals surface area (Å²) < 4.78 is 0. The normalized spacial score (nSPS) is 10.0. The molecule has 0 saturated heterocycles. The summed E-state index contributed by atoms with van der Waals surface area (Å²) in [5.74, 6) is 0.495. The number of anilines is 1. The van der Waals surface area contributed by atoms with Crippen LogP contribution >= 0.6 is 0 Å². The number of nitrogens with one attached hydrogen (secondary N) is 1. The molecule has 0 spiro atoms. The number of hydrogen-bond acceptors (Lipinski definition) is 5. The van der Waals surface area contributed by atoms with Crippen LogP contribution in [0.4, 0.5) is 5.69 Å². The highest BCUT2D eigenvalue weighted by atomic mass is 15.5. The minimum absolute atomic E-state index is 0.495. The second-order valence-corrected chi connectivity index (χ2v) is 2.24. The first-order valence-electron chi connectivity index (χ1n) is 3.30. The van der Waals surface area contributed by atoms with Crippen molar-refractivity contribution in [2.24, 2.45) is 0 Å². The van der Waals surface area contributed by atoms with E-state index in [0.29, 0.717) is 11.5 Å². The van der Waals surface area contributed by atoms with Crippen molar-refractivity contribution in [3.8, 4) is 11.4 Å². The van der Waals surface area contributed by atoms with Crippen molar-refractivity contribution in [3.05, 3.63) is 18.5 Å². The Morgan fingerprint density at radius 1 is 1.33 bits per heavy atom. The van der Waals surface area contributed by atoms with Crippen LogP contribution in [-0.4, -0.2) is 25.6 Å². The Hall–Kier alpha value is -1.98. The van der Waals surface area contributed by atoms with E-state index in [-0.39, 0.29) is 0 Å². The van der Waals surface area contributed by atoms with Crippen LogP contribution in [0.5, 0.6) is 0 Å². The number of nitrogens with two attached hydrogens (primary N) is 1.